The second-order valence-corrected chi connectivity index (χ2v) is 7.86. The minimum atomic E-state index is -0.213. The van der Waals surface area contributed by atoms with Gasteiger partial charge in [-0.25, -0.2) is 4.79 Å². The van der Waals surface area contributed by atoms with Crippen molar-refractivity contribution in [1.29, 1.82) is 0 Å². The van der Waals surface area contributed by atoms with Crippen molar-refractivity contribution in [2.45, 2.75) is 40.0 Å². The van der Waals surface area contributed by atoms with Crippen LogP contribution in [0.25, 0.3) is 0 Å². The lowest BCUT2D eigenvalue weighted by molar-refractivity contribution is 0.240. The molecule has 0 radical (unpaired) electrons. The predicted molar refractivity (Wildman–Crippen MR) is 124 cm³/mol. The number of carbonyl (C=O) groups excluding carboxylic acids is 1. The van der Waals surface area contributed by atoms with Gasteiger partial charge in [-0.15, -0.1) is 0 Å². The van der Waals surface area contributed by atoms with E-state index >= 15 is 0 Å². The van der Waals surface area contributed by atoms with Gasteiger partial charge in [0.05, 0.1) is 25.0 Å². The summed E-state index contributed by atoms with van der Waals surface area (Å²) >= 11 is 0. The molecule has 0 saturated carbocycles. The van der Waals surface area contributed by atoms with Crippen LogP contribution in [0, 0.1) is 13.8 Å². The van der Waals surface area contributed by atoms with Crippen molar-refractivity contribution in [1.82, 2.24) is 30.2 Å². The average molecular weight is 429 g/mol. The SMILES string of the molecule is Cc1nn(Cc2ccccc2)c(C)c1CNC(=O)NCc1cnn(Cc2ccccc2)c1. The molecule has 0 aliphatic carbocycles. The van der Waals surface area contributed by atoms with Crippen LogP contribution in [-0.4, -0.2) is 25.6 Å². The van der Waals surface area contributed by atoms with Crippen molar-refractivity contribution in [2.24, 2.45) is 0 Å². The summed E-state index contributed by atoms with van der Waals surface area (Å²) in [4.78, 5) is 12.3. The highest BCUT2D eigenvalue weighted by Crippen LogP contribution is 2.14. The molecule has 0 saturated heterocycles. The van der Waals surface area contributed by atoms with Gasteiger partial charge in [0.2, 0.25) is 0 Å². The normalized spacial score (nSPS) is 10.8. The highest BCUT2D eigenvalue weighted by molar-refractivity contribution is 5.73. The van der Waals surface area contributed by atoms with E-state index in [1.54, 1.807) is 6.20 Å². The first-order valence-corrected chi connectivity index (χ1v) is 10.7. The molecule has 0 bridgehead atoms. The maximum Gasteiger partial charge on any atom is 0.315 e. The number of carbonyl (C=O) groups is 1. The topological polar surface area (TPSA) is 76.8 Å². The molecule has 164 valence electrons. The van der Waals surface area contributed by atoms with Gasteiger partial charge in [-0.1, -0.05) is 60.7 Å². The molecule has 4 rings (SSSR count). The van der Waals surface area contributed by atoms with Crippen molar-refractivity contribution in [2.75, 3.05) is 0 Å². The fraction of sp³-hybridized carbons (Fsp3) is 0.240. The minimum Gasteiger partial charge on any atom is -0.334 e. The van der Waals surface area contributed by atoms with Crippen LogP contribution in [0.3, 0.4) is 0 Å². The number of hydrogen-bond acceptors (Lipinski definition) is 3. The lowest BCUT2D eigenvalue weighted by Crippen LogP contribution is -2.34. The third-order valence-corrected chi connectivity index (χ3v) is 5.46. The van der Waals surface area contributed by atoms with Gasteiger partial charge in [0.25, 0.3) is 0 Å². The van der Waals surface area contributed by atoms with Crippen LogP contribution in [-0.2, 0) is 26.2 Å². The van der Waals surface area contributed by atoms with Crippen molar-refractivity contribution >= 4 is 6.03 Å². The van der Waals surface area contributed by atoms with Crippen LogP contribution >= 0.6 is 0 Å². The van der Waals surface area contributed by atoms with Gasteiger partial charge in [0.1, 0.15) is 0 Å². The molecule has 32 heavy (non-hydrogen) atoms. The lowest BCUT2D eigenvalue weighted by atomic mass is 10.2. The van der Waals surface area contributed by atoms with Crippen molar-refractivity contribution in [3.05, 3.63) is 107 Å². The van der Waals surface area contributed by atoms with E-state index in [0.717, 1.165) is 22.5 Å². The Kier molecular flexibility index (Phi) is 6.65. The monoisotopic (exact) mass is 428 g/mol. The van der Waals surface area contributed by atoms with E-state index in [9.17, 15) is 4.79 Å². The number of benzene rings is 2. The fourth-order valence-corrected chi connectivity index (χ4v) is 3.67. The molecular formula is C25H28N6O. The number of amides is 2. The Hall–Kier alpha value is -3.87. The van der Waals surface area contributed by atoms with Gasteiger partial charge in [0, 0.05) is 36.1 Å². The molecule has 0 unspecified atom stereocenters. The summed E-state index contributed by atoms with van der Waals surface area (Å²) in [6.45, 7) is 6.30. The predicted octanol–water partition coefficient (Wildman–Crippen LogP) is 3.79. The first-order valence-electron chi connectivity index (χ1n) is 10.7. The average Bonchev–Trinajstić information content (AvgIpc) is 3.36. The molecular weight excluding hydrogens is 400 g/mol. The maximum absolute atomic E-state index is 12.3. The van der Waals surface area contributed by atoms with Crippen LogP contribution in [0.4, 0.5) is 4.79 Å². The Morgan fingerprint density at radius 2 is 1.47 bits per heavy atom. The number of hydrogen-bond donors (Lipinski definition) is 2. The number of nitrogens with one attached hydrogen (secondary N) is 2. The molecule has 0 aliphatic heterocycles. The lowest BCUT2D eigenvalue weighted by Gasteiger charge is -2.08. The summed E-state index contributed by atoms with van der Waals surface area (Å²) < 4.78 is 3.86. The Morgan fingerprint density at radius 3 is 2.16 bits per heavy atom. The van der Waals surface area contributed by atoms with Crippen LogP contribution in [0.1, 0.15) is 33.6 Å². The van der Waals surface area contributed by atoms with Crippen LogP contribution < -0.4 is 10.6 Å². The number of urea groups is 1. The minimum absolute atomic E-state index is 0.213. The highest BCUT2D eigenvalue weighted by Gasteiger charge is 2.13. The van der Waals surface area contributed by atoms with Crippen molar-refractivity contribution in [3.8, 4) is 0 Å². The summed E-state index contributed by atoms with van der Waals surface area (Å²) in [6, 6.07) is 20.2. The molecule has 2 amide bonds. The summed E-state index contributed by atoms with van der Waals surface area (Å²) in [6.07, 6.45) is 3.74. The summed E-state index contributed by atoms with van der Waals surface area (Å²) in [5.74, 6) is 0. The first-order chi connectivity index (χ1) is 15.6. The quantitative estimate of drug-likeness (QED) is 0.448. The fourth-order valence-electron chi connectivity index (χ4n) is 3.67. The van der Waals surface area contributed by atoms with Gasteiger partial charge in [-0.3, -0.25) is 9.36 Å². The molecule has 2 heterocycles. The van der Waals surface area contributed by atoms with Gasteiger partial charge < -0.3 is 10.6 Å². The van der Waals surface area contributed by atoms with Gasteiger partial charge >= 0.3 is 6.03 Å². The second-order valence-electron chi connectivity index (χ2n) is 7.86. The summed E-state index contributed by atoms with van der Waals surface area (Å²) in [5.41, 5.74) is 6.38. The molecule has 4 aromatic rings. The van der Waals surface area contributed by atoms with Crippen molar-refractivity contribution in [3.63, 3.8) is 0 Å². The second kappa shape index (κ2) is 9.96. The molecule has 7 nitrogen and oxygen atoms in total. The highest BCUT2D eigenvalue weighted by atomic mass is 16.2. The zero-order valence-electron chi connectivity index (χ0n) is 18.5. The smallest absolute Gasteiger partial charge is 0.315 e. The molecule has 0 atom stereocenters. The van der Waals surface area contributed by atoms with Crippen molar-refractivity contribution < 1.29 is 4.79 Å². The van der Waals surface area contributed by atoms with Gasteiger partial charge in [-0.05, 0) is 25.0 Å². The van der Waals surface area contributed by atoms with Gasteiger partial charge in [0.15, 0.2) is 0 Å². The third kappa shape index (κ3) is 5.43. The molecule has 2 aromatic heterocycles. The summed E-state index contributed by atoms with van der Waals surface area (Å²) in [5, 5.41) is 14.9. The Bertz CT molecular complexity index is 1160. The molecule has 0 aliphatic rings. The zero-order valence-corrected chi connectivity index (χ0v) is 18.5. The van der Waals surface area contributed by atoms with E-state index in [4.69, 9.17) is 0 Å². The van der Waals surface area contributed by atoms with Crippen LogP contribution in [0.5, 0.6) is 0 Å². The largest absolute Gasteiger partial charge is 0.334 e. The Balaban J connectivity index is 1.27. The third-order valence-electron chi connectivity index (χ3n) is 5.46. The number of aryl methyl sites for hydroxylation is 1. The van der Waals surface area contributed by atoms with E-state index < -0.39 is 0 Å². The molecule has 2 N–H and O–H groups in total. The molecule has 0 fully saturated rings. The molecule has 2 aromatic carbocycles. The van der Waals surface area contributed by atoms with E-state index in [0.29, 0.717) is 26.2 Å². The first kappa shape index (κ1) is 21.4. The number of nitrogens with zero attached hydrogens (tertiary/aromatic N) is 4. The van der Waals surface area contributed by atoms with Crippen LogP contribution in [0.15, 0.2) is 73.1 Å². The van der Waals surface area contributed by atoms with E-state index in [-0.39, 0.29) is 6.03 Å². The zero-order chi connectivity index (χ0) is 22.3. The maximum atomic E-state index is 12.3. The standard InChI is InChI=1S/C25H28N6O/c1-19-24(20(2)31(29-19)18-22-11-7-4-8-12-22)15-27-25(32)26-13-23-14-28-30(17-23)16-21-9-5-3-6-10-21/h3-12,14,17H,13,15-16,18H2,1-2H3,(H2,26,27,32). The van der Waals surface area contributed by atoms with E-state index in [1.807, 2.05) is 65.8 Å². The molecule has 0 spiro atoms. The Labute approximate surface area is 188 Å². The number of rotatable bonds is 8. The molecule has 7 heteroatoms. The van der Waals surface area contributed by atoms with E-state index in [1.165, 1.54) is 11.1 Å². The Morgan fingerprint density at radius 1 is 0.844 bits per heavy atom. The summed E-state index contributed by atoms with van der Waals surface area (Å²) in [7, 11) is 0. The number of aromatic nitrogens is 4. The van der Waals surface area contributed by atoms with E-state index in [2.05, 4.69) is 45.1 Å². The van der Waals surface area contributed by atoms with Gasteiger partial charge in [-0.2, -0.15) is 10.2 Å². The van der Waals surface area contributed by atoms with Crippen LogP contribution in [0.2, 0.25) is 0 Å².